The van der Waals surface area contributed by atoms with Gasteiger partial charge >= 0.3 is 0 Å². The number of aliphatic hydroxyl groups excluding tert-OH is 1. The lowest BCUT2D eigenvalue weighted by molar-refractivity contribution is -0.133. The summed E-state index contributed by atoms with van der Waals surface area (Å²) in [5.41, 5.74) is 11.0. The van der Waals surface area contributed by atoms with Gasteiger partial charge in [-0.05, 0) is 18.3 Å². The fraction of sp³-hybridized carbons (Fsp3) is 0.933. The minimum absolute atomic E-state index is 0.0348. The first-order valence-corrected chi connectivity index (χ1v) is 7.83. The molecule has 0 aliphatic rings. The van der Waals surface area contributed by atoms with Crippen LogP contribution < -0.4 is 11.5 Å². The molecule has 0 fully saturated rings. The molecule has 5 nitrogen and oxygen atoms in total. The van der Waals surface area contributed by atoms with Crippen molar-refractivity contribution < 1.29 is 9.90 Å². The van der Waals surface area contributed by atoms with E-state index in [1.807, 2.05) is 6.92 Å². The molecule has 0 saturated heterocycles. The van der Waals surface area contributed by atoms with E-state index in [1.54, 1.807) is 4.90 Å². The van der Waals surface area contributed by atoms with Gasteiger partial charge in [0.2, 0.25) is 5.91 Å². The maximum absolute atomic E-state index is 12.2. The summed E-state index contributed by atoms with van der Waals surface area (Å²) in [5.74, 6) is 0.234. The minimum Gasteiger partial charge on any atom is -0.393 e. The zero-order valence-corrected chi connectivity index (χ0v) is 13.3. The van der Waals surface area contributed by atoms with Crippen LogP contribution in [0.4, 0.5) is 0 Å². The second-order valence-electron chi connectivity index (χ2n) is 5.75. The summed E-state index contributed by atoms with van der Waals surface area (Å²) in [6.07, 6.45) is 3.18. The summed E-state index contributed by atoms with van der Waals surface area (Å²) in [6.45, 7) is 8.08. The molecule has 20 heavy (non-hydrogen) atoms. The molecule has 0 aromatic rings. The van der Waals surface area contributed by atoms with Crippen molar-refractivity contribution >= 4 is 5.91 Å². The zero-order chi connectivity index (χ0) is 15.5. The molecule has 0 aromatic heterocycles. The smallest absolute Gasteiger partial charge is 0.223 e. The van der Waals surface area contributed by atoms with Crippen LogP contribution in [0.5, 0.6) is 0 Å². The van der Waals surface area contributed by atoms with E-state index in [9.17, 15) is 9.90 Å². The van der Waals surface area contributed by atoms with Crippen molar-refractivity contribution in [1.29, 1.82) is 0 Å². The van der Waals surface area contributed by atoms with Gasteiger partial charge in [0.05, 0.1) is 6.10 Å². The summed E-state index contributed by atoms with van der Waals surface area (Å²) in [7, 11) is 0. The predicted molar refractivity (Wildman–Crippen MR) is 83.2 cm³/mol. The maximum Gasteiger partial charge on any atom is 0.223 e. The van der Waals surface area contributed by atoms with Gasteiger partial charge in [-0.25, -0.2) is 0 Å². The van der Waals surface area contributed by atoms with Crippen LogP contribution in [-0.2, 0) is 4.79 Å². The Morgan fingerprint density at radius 2 is 1.70 bits per heavy atom. The van der Waals surface area contributed by atoms with Gasteiger partial charge in [-0.2, -0.15) is 0 Å². The number of rotatable bonds is 11. The fourth-order valence-corrected chi connectivity index (χ4v) is 2.46. The quantitative estimate of drug-likeness (QED) is 0.527. The van der Waals surface area contributed by atoms with E-state index in [2.05, 4.69) is 13.8 Å². The number of carbonyl (C=O) groups is 1. The molecule has 0 rings (SSSR count). The molecule has 0 aromatic carbocycles. The first-order chi connectivity index (χ1) is 9.47. The lowest BCUT2D eigenvalue weighted by atomic mass is 9.87. The molecule has 5 heteroatoms. The van der Waals surface area contributed by atoms with Crippen molar-refractivity contribution in [3.8, 4) is 0 Å². The summed E-state index contributed by atoms with van der Waals surface area (Å²) in [6, 6.07) is 0. The van der Waals surface area contributed by atoms with E-state index in [-0.39, 0.29) is 17.7 Å². The Balaban J connectivity index is 4.33. The van der Waals surface area contributed by atoms with Crippen molar-refractivity contribution in [2.45, 2.75) is 52.6 Å². The molecule has 0 saturated carbocycles. The second-order valence-corrected chi connectivity index (χ2v) is 5.75. The van der Waals surface area contributed by atoms with E-state index >= 15 is 0 Å². The number of nitrogens with two attached hydrogens (primary N) is 2. The van der Waals surface area contributed by atoms with Gasteiger partial charge in [0, 0.05) is 32.6 Å². The van der Waals surface area contributed by atoms with Gasteiger partial charge in [0.25, 0.3) is 0 Å². The Labute approximate surface area is 123 Å². The topological polar surface area (TPSA) is 92.6 Å². The highest BCUT2D eigenvalue weighted by molar-refractivity contribution is 5.76. The highest BCUT2D eigenvalue weighted by Crippen LogP contribution is 2.21. The van der Waals surface area contributed by atoms with Gasteiger partial charge in [0.15, 0.2) is 0 Å². The van der Waals surface area contributed by atoms with Crippen LogP contribution >= 0.6 is 0 Å². The number of aliphatic hydroxyl groups is 1. The lowest BCUT2D eigenvalue weighted by Gasteiger charge is -2.27. The average molecular weight is 287 g/mol. The van der Waals surface area contributed by atoms with Gasteiger partial charge in [-0.1, -0.05) is 33.6 Å². The second kappa shape index (κ2) is 11.1. The van der Waals surface area contributed by atoms with Crippen LogP contribution in [0.3, 0.4) is 0 Å². The molecule has 1 amide bonds. The van der Waals surface area contributed by atoms with Gasteiger partial charge in [-0.15, -0.1) is 0 Å². The van der Waals surface area contributed by atoms with Crippen molar-refractivity contribution in [3.05, 3.63) is 0 Å². The zero-order valence-electron chi connectivity index (χ0n) is 13.3. The maximum atomic E-state index is 12.2. The number of nitrogens with zero attached hydrogens (tertiary/aromatic N) is 1. The van der Waals surface area contributed by atoms with Crippen molar-refractivity contribution in [3.63, 3.8) is 0 Å². The molecule has 5 N–H and O–H groups in total. The molecular formula is C15H33N3O2. The Hall–Kier alpha value is -0.650. The molecule has 120 valence electrons. The van der Waals surface area contributed by atoms with Crippen LogP contribution in [0.15, 0.2) is 0 Å². The molecule has 0 aliphatic carbocycles. The molecule has 3 unspecified atom stereocenters. The monoisotopic (exact) mass is 287 g/mol. The van der Waals surface area contributed by atoms with Gasteiger partial charge < -0.3 is 21.5 Å². The van der Waals surface area contributed by atoms with Crippen LogP contribution in [0, 0.1) is 11.8 Å². The Bertz CT molecular complexity index is 256. The van der Waals surface area contributed by atoms with E-state index < -0.39 is 6.10 Å². The predicted octanol–water partition coefficient (Wildman–Crippen LogP) is 0.946. The third-order valence-corrected chi connectivity index (χ3v) is 3.83. The fourth-order valence-electron chi connectivity index (χ4n) is 2.46. The van der Waals surface area contributed by atoms with Crippen LogP contribution in [0.1, 0.15) is 46.5 Å². The molecule has 0 aliphatic heterocycles. The Kier molecular flexibility index (Phi) is 10.7. The number of hydrogen-bond acceptors (Lipinski definition) is 4. The van der Waals surface area contributed by atoms with E-state index in [1.165, 1.54) is 0 Å². The summed E-state index contributed by atoms with van der Waals surface area (Å²) in [5, 5.41) is 10.3. The van der Waals surface area contributed by atoms with Crippen LogP contribution in [0.25, 0.3) is 0 Å². The summed E-state index contributed by atoms with van der Waals surface area (Å²) in [4.78, 5) is 13.9. The standard InChI is InChI=1S/C15H33N3O2/c1-4-5-6-12(2)15(20)13(3)11-14(19)18(9-7-16)10-8-17/h12-13,15,20H,4-11,16-17H2,1-3H3. The first-order valence-electron chi connectivity index (χ1n) is 7.83. The van der Waals surface area contributed by atoms with Crippen LogP contribution in [-0.4, -0.2) is 48.2 Å². The van der Waals surface area contributed by atoms with E-state index in [0.717, 1.165) is 19.3 Å². The Morgan fingerprint density at radius 1 is 1.15 bits per heavy atom. The van der Waals surface area contributed by atoms with Gasteiger partial charge in [-0.3, -0.25) is 4.79 Å². The molecule has 3 atom stereocenters. The van der Waals surface area contributed by atoms with Crippen LogP contribution in [0.2, 0.25) is 0 Å². The normalized spacial score (nSPS) is 15.7. The van der Waals surface area contributed by atoms with Gasteiger partial charge in [0.1, 0.15) is 0 Å². The third-order valence-electron chi connectivity index (χ3n) is 3.83. The first kappa shape index (κ1) is 19.4. The largest absolute Gasteiger partial charge is 0.393 e. The molecule has 0 heterocycles. The lowest BCUT2D eigenvalue weighted by Crippen LogP contribution is -2.40. The van der Waals surface area contributed by atoms with Crippen molar-refractivity contribution in [1.82, 2.24) is 4.90 Å². The average Bonchev–Trinajstić information content (AvgIpc) is 2.43. The van der Waals surface area contributed by atoms with E-state index in [4.69, 9.17) is 11.5 Å². The molecular weight excluding hydrogens is 254 g/mol. The van der Waals surface area contributed by atoms with E-state index in [0.29, 0.717) is 32.6 Å². The SMILES string of the molecule is CCCCC(C)C(O)C(C)CC(=O)N(CCN)CCN. The number of carbonyl (C=O) groups excluding carboxylic acids is 1. The highest BCUT2D eigenvalue weighted by Gasteiger charge is 2.24. The van der Waals surface area contributed by atoms with Crippen molar-refractivity contribution in [2.75, 3.05) is 26.2 Å². The summed E-state index contributed by atoms with van der Waals surface area (Å²) < 4.78 is 0. The number of amides is 1. The molecule has 0 spiro atoms. The Morgan fingerprint density at radius 3 is 2.15 bits per heavy atom. The molecule has 0 radical (unpaired) electrons. The summed E-state index contributed by atoms with van der Waals surface area (Å²) >= 11 is 0. The molecule has 0 bridgehead atoms. The number of hydrogen-bond donors (Lipinski definition) is 3. The number of unbranched alkanes of at least 4 members (excludes halogenated alkanes) is 1. The highest BCUT2D eigenvalue weighted by atomic mass is 16.3. The van der Waals surface area contributed by atoms with Crippen molar-refractivity contribution in [2.24, 2.45) is 23.3 Å². The third kappa shape index (κ3) is 7.22. The minimum atomic E-state index is -0.428.